The number of esters is 2. The van der Waals surface area contributed by atoms with Crippen LogP contribution in [0, 0.1) is 0 Å². The van der Waals surface area contributed by atoms with Gasteiger partial charge in [0.1, 0.15) is 6.61 Å². The number of hydrogen-bond acceptors (Lipinski definition) is 6. The zero-order chi connectivity index (χ0) is 40.0. The smallest absolute Gasteiger partial charge is 0.362 e. The maximum atomic E-state index is 12.6. The summed E-state index contributed by atoms with van der Waals surface area (Å²) >= 11 is 0. The van der Waals surface area contributed by atoms with Crippen LogP contribution >= 0.6 is 0 Å². The Balaban J connectivity index is 4.72. The molecule has 0 aliphatic carbocycles. The number of rotatable bonds is 32. The molecule has 0 heterocycles. The molecule has 0 aliphatic heterocycles. The summed E-state index contributed by atoms with van der Waals surface area (Å²) in [5, 5.41) is 9.59. The molecule has 0 bridgehead atoms. The fourth-order valence-corrected chi connectivity index (χ4v) is 4.71. The molecule has 0 aromatic carbocycles. The number of quaternary nitrogens is 1. The van der Waals surface area contributed by atoms with E-state index in [1.807, 2.05) is 39.4 Å². The van der Waals surface area contributed by atoms with Gasteiger partial charge in [-0.1, -0.05) is 135 Å². The van der Waals surface area contributed by atoms with E-state index in [0.717, 1.165) is 51.4 Å². The van der Waals surface area contributed by atoms with Crippen molar-refractivity contribution < 1.29 is 38.2 Å². The third-order valence-corrected chi connectivity index (χ3v) is 7.67. The zero-order valence-electron chi connectivity index (χ0n) is 33.9. The highest BCUT2D eigenvalue weighted by Gasteiger charge is 2.31. The summed E-state index contributed by atoms with van der Waals surface area (Å²) in [6.07, 6.45) is 50.2. The molecule has 0 amide bonds. The van der Waals surface area contributed by atoms with E-state index in [0.29, 0.717) is 12.8 Å². The predicted octanol–water partition coefficient (Wildman–Crippen LogP) is 10.3. The summed E-state index contributed by atoms with van der Waals surface area (Å²) in [6.45, 7) is 4.24. The van der Waals surface area contributed by atoms with E-state index in [1.165, 1.54) is 0 Å². The van der Waals surface area contributed by atoms with Gasteiger partial charge in [0.05, 0.1) is 47.2 Å². The molecule has 8 nitrogen and oxygen atoms in total. The van der Waals surface area contributed by atoms with E-state index in [4.69, 9.17) is 14.2 Å². The summed E-state index contributed by atoms with van der Waals surface area (Å²) < 4.78 is 17.0. The van der Waals surface area contributed by atoms with E-state index >= 15 is 0 Å². The molecule has 2 atom stereocenters. The first-order valence-electron chi connectivity index (χ1n) is 19.6. The van der Waals surface area contributed by atoms with Crippen LogP contribution < -0.4 is 0 Å². The molecule has 0 rings (SSSR count). The second-order valence-electron chi connectivity index (χ2n) is 13.5. The molecule has 300 valence electrons. The van der Waals surface area contributed by atoms with Gasteiger partial charge < -0.3 is 23.8 Å². The van der Waals surface area contributed by atoms with Gasteiger partial charge in [-0.2, -0.15) is 0 Å². The first-order valence-corrected chi connectivity index (χ1v) is 19.6. The maximum absolute atomic E-state index is 12.6. The number of likely N-dealkylation sites (N-methyl/N-ethyl adjacent to an activating group) is 1. The minimum Gasteiger partial charge on any atom is -0.477 e. The Labute approximate surface area is 327 Å². The summed E-state index contributed by atoms with van der Waals surface area (Å²) in [5.74, 6) is -1.81. The number of carbonyl (C=O) groups is 3. The Morgan fingerprint density at radius 2 is 0.870 bits per heavy atom. The topological polar surface area (TPSA) is 99.1 Å². The van der Waals surface area contributed by atoms with Crippen LogP contribution in [-0.4, -0.2) is 80.6 Å². The summed E-state index contributed by atoms with van der Waals surface area (Å²) in [7, 11) is 5.44. The predicted molar refractivity (Wildman–Crippen MR) is 224 cm³/mol. The van der Waals surface area contributed by atoms with Crippen LogP contribution in [-0.2, 0) is 28.6 Å². The van der Waals surface area contributed by atoms with Crippen molar-refractivity contribution in [2.45, 2.75) is 109 Å². The van der Waals surface area contributed by atoms with Crippen molar-refractivity contribution in [1.29, 1.82) is 0 Å². The van der Waals surface area contributed by atoms with Crippen LogP contribution in [0.25, 0.3) is 0 Å². The van der Waals surface area contributed by atoms with Gasteiger partial charge in [-0.05, 0) is 64.2 Å². The minimum absolute atomic E-state index is 0.0180. The Morgan fingerprint density at radius 3 is 1.22 bits per heavy atom. The molecule has 8 heteroatoms. The van der Waals surface area contributed by atoms with Gasteiger partial charge in [0, 0.05) is 6.42 Å². The van der Waals surface area contributed by atoms with Gasteiger partial charge in [-0.25, -0.2) is 4.79 Å². The van der Waals surface area contributed by atoms with Crippen molar-refractivity contribution in [1.82, 2.24) is 0 Å². The number of hydrogen-bond donors (Lipinski definition) is 1. The molecule has 0 radical (unpaired) electrons. The standard InChI is InChI=1S/C46H69NO7/c1-6-8-10-12-14-16-18-20-22-24-26-28-30-32-34-36-44(48)53-41-42(40-52-39-38-43(46(50)51)47(3,4)5)54-45(49)37-35-33-31-29-27-25-23-21-19-17-15-13-11-9-7-2/h8-11,14-17,20-23,26-29,32-35,42-43H,6-7,12-13,18-19,24-25,30-31,36-41H2,1-5H3/p+1/b10-8-,11-9-,16-14-,17-15-,22-20-,23-21-,28-26-,29-27-,34-32-,35-33-. The second kappa shape index (κ2) is 35.7. The molecule has 0 aromatic rings. The highest BCUT2D eigenvalue weighted by molar-refractivity contribution is 5.72. The van der Waals surface area contributed by atoms with Gasteiger partial charge in [-0.3, -0.25) is 9.59 Å². The summed E-state index contributed by atoms with van der Waals surface area (Å²) in [5.41, 5.74) is 0. The molecule has 0 aliphatic rings. The van der Waals surface area contributed by atoms with Crippen molar-refractivity contribution >= 4 is 17.9 Å². The van der Waals surface area contributed by atoms with Gasteiger partial charge in [-0.15, -0.1) is 0 Å². The van der Waals surface area contributed by atoms with Crippen LogP contribution in [0.4, 0.5) is 0 Å². The monoisotopic (exact) mass is 749 g/mol. The number of allylic oxidation sites excluding steroid dienone is 18. The molecule has 0 saturated heterocycles. The SMILES string of the molecule is CC/C=C\C/C=C\C/C=C\C/C=C\C/C=C\CC(=O)OCC(COCCC(C(=O)O)[N+](C)(C)C)OC(=O)C/C=C\C/C=C\C/C=C\C/C=C\C/C=C\CC. The molecule has 0 spiro atoms. The first kappa shape index (κ1) is 49.7. The van der Waals surface area contributed by atoms with E-state index in [-0.39, 0.29) is 43.6 Å². The van der Waals surface area contributed by atoms with Crippen molar-refractivity contribution in [3.63, 3.8) is 0 Å². The van der Waals surface area contributed by atoms with Gasteiger partial charge in [0.15, 0.2) is 12.1 Å². The maximum Gasteiger partial charge on any atom is 0.362 e. The van der Waals surface area contributed by atoms with Crippen molar-refractivity contribution in [3.8, 4) is 0 Å². The van der Waals surface area contributed by atoms with E-state index in [1.54, 1.807) is 12.2 Å². The molecule has 0 fully saturated rings. The fraction of sp³-hybridized carbons (Fsp3) is 0.500. The largest absolute Gasteiger partial charge is 0.477 e. The quantitative estimate of drug-likeness (QED) is 0.0316. The van der Waals surface area contributed by atoms with Gasteiger partial charge in [0.2, 0.25) is 0 Å². The highest BCUT2D eigenvalue weighted by atomic mass is 16.6. The summed E-state index contributed by atoms with van der Waals surface area (Å²) in [6, 6.07) is -0.650. The Morgan fingerprint density at radius 1 is 0.519 bits per heavy atom. The van der Waals surface area contributed by atoms with Crippen LogP contribution in [0.5, 0.6) is 0 Å². The fourth-order valence-electron chi connectivity index (χ4n) is 4.71. The average Bonchev–Trinajstić information content (AvgIpc) is 3.12. The lowest BCUT2D eigenvalue weighted by atomic mass is 10.1. The number of carbonyl (C=O) groups excluding carboxylic acids is 2. The highest BCUT2D eigenvalue weighted by Crippen LogP contribution is 2.09. The average molecular weight is 749 g/mol. The molecular formula is C46H70NO7+. The van der Waals surface area contributed by atoms with E-state index in [2.05, 4.69) is 105 Å². The first-order chi connectivity index (χ1) is 26.1. The van der Waals surface area contributed by atoms with Crippen molar-refractivity contribution in [2.75, 3.05) is 41.0 Å². The molecular weight excluding hydrogens is 679 g/mol. The number of aliphatic carboxylic acids is 1. The van der Waals surface area contributed by atoms with Crippen molar-refractivity contribution in [3.05, 3.63) is 122 Å². The normalized spacial score (nSPS) is 14.3. The Hall–Kier alpha value is -4.27. The van der Waals surface area contributed by atoms with E-state index in [9.17, 15) is 19.5 Å². The van der Waals surface area contributed by atoms with Crippen LogP contribution in [0.2, 0.25) is 0 Å². The summed E-state index contributed by atoms with van der Waals surface area (Å²) in [4.78, 5) is 36.7. The lowest BCUT2D eigenvalue weighted by molar-refractivity contribution is -0.887. The third-order valence-electron chi connectivity index (χ3n) is 7.67. The molecule has 0 saturated carbocycles. The Kier molecular flexibility index (Phi) is 32.9. The molecule has 2 unspecified atom stereocenters. The number of carboxylic acids is 1. The molecule has 0 aromatic heterocycles. The van der Waals surface area contributed by atoms with Crippen molar-refractivity contribution in [2.24, 2.45) is 0 Å². The Bertz CT molecular complexity index is 1290. The number of nitrogens with zero attached hydrogens (tertiary/aromatic N) is 1. The minimum atomic E-state index is -0.907. The third kappa shape index (κ3) is 33.6. The molecule has 1 N–H and O–H groups in total. The molecule has 54 heavy (non-hydrogen) atoms. The van der Waals surface area contributed by atoms with E-state index < -0.39 is 30.1 Å². The zero-order valence-corrected chi connectivity index (χ0v) is 33.9. The lowest BCUT2D eigenvalue weighted by Crippen LogP contribution is -2.50. The second-order valence-corrected chi connectivity index (χ2v) is 13.5. The number of carboxylic acid groups (broad SMARTS) is 1. The van der Waals surface area contributed by atoms with Gasteiger partial charge in [0.25, 0.3) is 0 Å². The number of ether oxygens (including phenoxy) is 3. The van der Waals surface area contributed by atoms with Crippen LogP contribution in [0.15, 0.2) is 122 Å². The van der Waals surface area contributed by atoms with Gasteiger partial charge >= 0.3 is 17.9 Å². The van der Waals surface area contributed by atoms with Crippen LogP contribution in [0.1, 0.15) is 97.3 Å². The lowest BCUT2D eigenvalue weighted by Gasteiger charge is -2.31. The van der Waals surface area contributed by atoms with Crippen LogP contribution in [0.3, 0.4) is 0 Å².